The standard InChI is InChI=1S/C26H40N2O/c1-4-26(5-2,25(29)28-24-15-13-23(27)14-16-24)18-22(17-19(3)20-11-12-20)21-9-7-6-8-10-21/h6-10,17,19-20,23-24H,4-5,11-16,18,27H2,1-3H3,(H,28,29)/b22-17-/t19?,23-,24-. The van der Waals surface area contributed by atoms with Gasteiger partial charge in [0.1, 0.15) is 0 Å². The number of allylic oxidation sites excluding steroid dienone is 2. The van der Waals surface area contributed by atoms with Crippen molar-refractivity contribution in [2.24, 2.45) is 23.0 Å². The average Bonchev–Trinajstić information content (AvgIpc) is 3.59. The summed E-state index contributed by atoms with van der Waals surface area (Å²) in [5.41, 5.74) is 8.32. The molecule has 1 aromatic rings. The molecule has 160 valence electrons. The summed E-state index contributed by atoms with van der Waals surface area (Å²) in [5.74, 6) is 1.65. The summed E-state index contributed by atoms with van der Waals surface area (Å²) in [6, 6.07) is 11.3. The van der Waals surface area contributed by atoms with Crippen molar-refractivity contribution in [3.63, 3.8) is 0 Å². The molecule has 1 unspecified atom stereocenters. The van der Waals surface area contributed by atoms with Gasteiger partial charge in [0, 0.05) is 12.1 Å². The molecule has 3 nitrogen and oxygen atoms in total. The number of amides is 1. The average molecular weight is 397 g/mol. The van der Waals surface area contributed by atoms with E-state index in [-0.39, 0.29) is 17.4 Å². The molecule has 2 fully saturated rings. The van der Waals surface area contributed by atoms with Crippen molar-refractivity contribution in [2.75, 3.05) is 0 Å². The van der Waals surface area contributed by atoms with Crippen LogP contribution in [0.1, 0.15) is 84.1 Å². The molecule has 0 heterocycles. The van der Waals surface area contributed by atoms with Gasteiger partial charge < -0.3 is 11.1 Å². The van der Waals surface area contributed by atoms with Crippen LogP contribution in [0.15, 0.2) is 36.4 Å². The van der Waals surface area contributed by atoms with E-state index in [4.69, 9.17) is 5.73 Å². The van der Waals surface area contributed by atoms with Crippen LogP contribution in [0.4, 0.5) is 0 Å². The van der Waals surface area contributed by atoms with Crippen molar-refractivity contribution in [1.82, 2.24) is 5.32 Å². The van der Waals surface area contributed by atoms with Crippen molar-refractivity contribution in [3.05, 3.63) is 42.0 Å². The fourth-order valence-electron chi connectivity index (χ4n) is 4.85. The van der Waals surface area contributed by atoms with Gasteiger partial charge in [-0.1, -0.05) is 57.2 Å². The molecular weight excluding hydrogens is 356 g/mol. The molecule has 3 N–H and O–H groups in total. The molecule has 3 heteroatoms. The van der Waals surface area contributed by atoms with Crippen molar-refractivity contribution < 1.29 is 4.79 Å². The van der Waals surface area contributed by atoms with Gasteiger partial charge in [-0.05, 0) is 80.8 Å². The molecule has 2 aliphatic carbocycles. The first-order valence-electron chi connectivity index (χ1n) is 11.8. The lowest BCUT2D eigenvalue weighted by molar-refractivity contribution is -0.132. The summed E-state index contributed by atoms with van der Waals surface area (Å²) in [6.45, 7) is 6.69. The Morgan fingerprint density at radius 3 is 2.28 bits per heavy atom. The summed E-state index contributed by atoms with van der Waals surface area (Å²) in [7, 11) is 0. The van der Waals surface area contributed by atoms with Crippen molar-refractivity contribution in [2.45, 2.75) is 90.6 Å². The lowest BCUT2D eigenvalue weighted by Crippen LogP contribution is -2.47. The molecule has 3 rings (SSSR count). The molecule has 0 aliphatic heterocycles. The Morgan fingerprint density at radius 2 is 1.72 bits per heavy atom. The van der Waals surface area contributed by atoms with Crippen LogP contribution in [0.5, 0.6) is 0 Å². The molecule has 1 atom stereocenters. The Kier molecular flexibility index (Phi) is 7.56. The van der Waals surface area contributed by atoms with Crippen LogP contribution in [-0.4, -0.2) is 18.0 Å². The van der Waals surface area contributed by atoms with E-state index in [9.17, 15) is 4.79 Å². The minimum Gasteiger partial charge on any atom is -0.353 e. The zero-order valence-corrected chi connectivity index (χ0v) is 18.6. The number of carbonyl (C=O) groups excluding carboxylic acids is 1. The third-order valence-electron chi connectivity index (χ3n) is 7.45. The predicted molar refractivity (Wildman–Crippen MR) is 122 cm³/mol. The Hall–Kier alpha value is -1.61. The molecule has 0 radical (unpaired) electrons. The van der Waals surface area contributed by atoms with E-state index < -0.39 is 0 Å². The molecule has 0 spiro atoms. The third-order valence-corrected chi connectivity index (χ3v) is 7.45. The summed E-state index contributed by atoms with van der Waals surface area (Å²) < 4.78 is 0. The summed E-state index contributed by atoms with van der Waals surface area (Å²) in [4.78, 5) is 13.5. The van der Waals surface area contributed by atoms with Crippen LogP contribution in [0.3, 0.4) is 0 Å². The minimum absolute atomic E-state index is 0.240. The third kappa shape index (κ3) is 5.72. The summed E-state index contributed by atoms with van der Waals surface area (Å²) in [6.07, 6.45) is 11.8. The Morgan fingerprint density at radius 1 is 1.10 bits per heavy atom. The van der Waals surface area contributed by atoms with E-state index in [0.717, 1.165) is 50.9 Å². The molecule has 0 bridgehead atoms. The van der Waals surface area contributed by atoms with Crippen LogP contribution < -0.4 is 11.1 Å². The fourth-order valence-corrected chi connectivity index (χ4v) is 4.85. The van der Waals surface area contributed by atoms with Gasteiger partial charge in [0.05, 0.1) is 5.41 Å². The minimum atomic E-state index is -0.343. The number of carbonyl (C=O) groups is 1. The molecule has 2 saturated carbocycles. The highest BCUT2D eigenvalue weighted by atomic mass is 16.2. The second kappa shape index (κ2) is 9.93. The van der Waals surface area contributed by atoms with Crippen LogP contribution in [0.2, 0.25) is 0 Å². The predicted octanol–water partition coefficient (Wildman–Crippen LogP) is 5.70. The number of rotatable bonds is 9. The van der Waals surface area contributed by atoms with Crippen LogP contribution in [0.25, 0.3) is 5.57 Å². The van der Waals surface area contributed by atoms with E-state index in [2.05, 4.69) is 62.5 Å². The van der Waals surface area contributed by atoms with Crippen molar-refractivity contribution in [1.29, 1.82) is 0 Å². The smallest absolute Gasteiger partial charge is 0.226 e. The zero-order valence-electron chi connectivity index (χ0n) is 18.6. The summed E-state index contributed by atoms with van der Waals surface area (Å²) in [5, 5.41) is 3.41. The van der Waals surface area contributed by atoms with Gasteiger partial charge in [-0.3, -0.25) is 4.79 Å². The van der Waals surface area contributed by atoms with Crippen molar-refractivity contribution >= 4 is 11.5 Å². The molecule has 0 aromatic heterocycles. The van der Waals surface area contributed by atoms with Gasteiger partial charge in [-0.2, -0.15) is 0 Å². The first-order valence-corrected chi connectivity index (χ1v) is 11.8. The topological polar surface area (TPSA) is 55.1 Å². The van der Waals surface area contributed by atoms with Gasteiger partial charge in [0.2, 0.25) is 5.91 Å². The largest absolute Gasteiger partial charge is 0.353 e. The van der Waals surface area contributed by atoms with E-state index >= 15 is 0 Å². The Balaban J connectivity index is 1.80. The Bertz CT molecular complexity index is 680. The molecule has 0 saturated heterocycles. The maximum atomic E-state index is 13.5. The number of hydrogen-bond donors (Lipinski definition) is 2. The lowest BCUT2D eigenvalue weighted by Gasteiger charge is -2.35. The summed E-state index contributed by atoms with van der Waals surface area (Å²) >= 11 is 0. The van der Waals surface area contributed by atoms with Crippen LogP contribution >= 0.6 is 0 Å². The van der Waals surface area contributed by atoms with E-state index in [1.54, 1.807) is 0 Å². The quantitative estimate of drug-likeness (QED) is 0.562. The highest BCUT2D eigenvalue weighted by molar-refractivity contribution is 5.85. The second-order valence-electron chi connectivity index (χ2n) is 9.50. The zero-order chi connectivity index (χ0) is 20.9. The van der Waals surface area contributed by atoms with Gasteiger partial charge >= 0.3 is 0 Å². The normalized spacial score (nSPS) is 24.2. The van der Waals surface area contributed by atoms with E-state index in [1.165, 1.54) is 24.0 Å². The van der Waals surface area contributed by atoms with Gasteiger partial charge in [-0.25, -0.2) is 0 Å². The van der Waals surface area contributed by atoms with Crippen LogP contribution in [-0.2, 0) is 4.79 Å². The molecule has 29 heavy (non-hydrogen) atoms. The highest BCUT2D eigenvalue weighted by Crippen LogP contribution is 2.42. The van der Waals surface area contributed by atoms with Gasteiger partial charge in [-0.15, -0.1) is 0 Å². The van der Waals surface area contributed by atoms with Crippen LogP contribution in [0, 0.1) is 17.3 Å². The van der Waals surface area contributed by atoms with Crippen molar-refractivity contribution in [3.8, 4) is 0 Å². The fraction of sp³-hybridized carbons (Fsp3) is 0.654. The molecule has 1 amide bonds. The number of benzene rings is 1. The highest BCUT2D eigenvalue weighted by Gasteiger charge is 2.38. The SMILES string of the molecule is CCC(CC)(C/C(=C/C(C)C1CC1)c1ccccc1)C(=O)N[C@H]1CC[C@H](N)CC1. The van der Waals surface area contributed by atoms with Gasteiger partial charge in [0.25, 0.3) is 0 Å². The first-order chi connectivity index (χ1) is 14.0. The maximum absolute atomic E-state index is 13.5. The molecular formula is C26H40N2O. The molecule has 1 aromatic carbocycles. The lowest BCUT2D eigenvalue weighted by atomic mass is 9.73. The monoisotopic (exact) mass is 396 g/mol. The number of nitrogens with one attached hydrogen (secondary N) is 1. The van der Waals surface area contributed by atoms with E-state index in [1.807, 2.05) is 0 Å². The van der Waals surface area contributed by atoms with Gasteiger partial charge in [0.15, 0.2) is 0 Å². The first kappa shape index (κ1) is 22.1. The number of hydrogen-bond acceptors (Lipinski definition) is 2. The number of nitrogens with two attached hydrogens (primary N) is 1. The Labute approximate surface area is 177 Å². The second-order valence-corrected chi connectivity index (χ2v) is 9.50. The van der Waals surface area contributed by atoms with E-state index in [0.29, 0.717) is 12.0 Å². The maximum Gasteiger partial charge on any atom is 0.226 e. The molecule has 2 aliphatic rings.